The van der Waals surface area contributed by atoms with E-state index in [0.717, 1.165) is 16.7 Å². The van der Waals surface area contributed by atoms with Crippen LogP contribution in [-0.4, -0.2) is 27.1 Å². The van der Waals surface area contributed by atoms with Gasteiger partial charge in [0.2, 0.25) is 0 Å². The predicted octanol–water partition coefficient (Wildman–Crippen LogP) is 3.99. The van der Waals surface area contributed by atoms with Gasteiger partial charge in [0.15, 0.2) is 0 Å². The van der Waals surface area contributed by atoms with Crippen molar-refractivity contribution in [1.29, 1.82) is 0 Å². The monoisotopic (exact) mass is 406 g/mol. The Hall–Kier alpha value is -3.87. The molecule has 7 nitrogen and oxygen atoms in total. The number of nitrogen functional groups attached to an aromatic ring is 1. The summed E-state index contributed by atoms with van der Waals surface area (Å²) in [6.07, 6.45) is 0. The molecule has 0 amide bonds. The number of carboxylic acids is 2. The second kappa shape index (κ2) is 7.51. The van der Waals surface area contributed by atoms with Crippen LogP contribution >= 0.6 is 0 Å². The summed E-state index contributed by atoms with van der Waals surface area (Å²) in [7, 11) is 0. The standard InChI is InChI=1S/C23H22N2O5/c1-23(2,3)15-9-7-12(8-10-15)13-5-4-6-14(11-13)16-17(21(27)28)19(24)25-20(26)18(16)22(29)30/h4-11H,1-3H3,(H,27,28)(H,29,30)(H3,24,25,26). The maximum atomic E-state index is 12.2. The predicted molar refractivity (Wildman–Crippen MR) is 115 cm³/mol. The van der Waals surface area contributed by atoms with Crippen molar-refractivity contribution in [3.8, 4) is 22.3 Å². The number of nitrogens with two attached hydrogens (primary N) is 1. The summed E-state index contributed by atoms with van der Waals surface area (Å²) in [6, 6.07) is 14.6. The average Bonchev–Trinajstić information content (AvgIpc) is 2.66. The van der Waals surface area contributed by atoms with Gasteiger partial charge >= 0.3 is 11.9 Å². The molecule has 0 radical (unpaired) electrons. The Kier molecular flexibility index (Phi) is 5.22. The summed E-state index contributed by atoms with van der Waals surface area (Å²) >= 11 is 0. The van der Waals surface area contributed by atoms with Gasteiger partial charge in [0.1, 0.15) is 16.9 Å². The van der Waals surface area contributed by atoms with E-state index in [0.29, 0.717) is 0 Å². The molecule has 30 heavy (non-hydrogen) atoms. The van der Waals surface area contributed by atoms with Gasteiger partial charge in [0.05, 0.1) is 0 Å². The number of aromatic carboxylic acids is 2. The van der Waals surface area contributed by atoms with Crippen molar-refractivity contribution in [2.24, 2.45) is 0 Å². The van der Waals surface area contributed by atoms with Crippen molar-refractivity contribution in [3.05, 3.63) is 75.6 Å². The zero-order valence-corrected chi connectivity index (χ0v) is 16.8. The molecule has 0 aliphatic carbocycles. The van der Waals surface area contributed by atoms with Crippen LogP contribution in [0, 0.1) is 0 Å². The molecule has 7 heteroatoms. The molecule has 1 heterocycles. The van der Waals surface area contributed by atoms with Crippen LogP contribution in [0.25, 0.3) is 22.3 Å². The van der Waals surface area contributed by atoms with E-state index in [1.54, 1.807) is 18.2 Å². The van der Waals surface area contributed by atoms with E-state index in [1.807, 2.05) is 30.3 Å². The number of benzene rings is 2. The van der Waals surface area contributed by atoms with Crippen molar-refractivity contribution in [3.63, 3.8) is 0 Å². The molecule has 1 aromatic heterocycles. The molecule has 0 bridgehead atoms. The van der Waals surface area contributed by atoms with Gasteiger partial charge in [0, 0.05) is 5.56 Å². The largest absolute Gasteiger partial charge is 0.478 e. The van der Waals surface area contributed by atoms with Gasteiger partial charge in [0.25, 0.3) is 5.56 Å². The summed E-state index contributed by atoms with van der Waals surface area (Å²) in [6.45, 7) is 6.34. The number of rotatable bonds is 4. The van der Waals surface area contributed by atoms with E-state index >= 15 is 0 Å². The van der Waals surface area contributed by atoms with Gasteiger partial charge in [-0.25, -0.2) is 9.59 Å². The van der Waals surface area contributed by atoms with Crippen molar-refractivity contribution in [2.45, 2.75) is 26.2 Å². The second-order valence-electron chi connectivity index (χ2n) is 8.01. The van der Waals surface area contributed by atoms with Gasteiger partial charge in [-0.2, -0.15) is 0 Å². The molecule has 2 aromatic carbocycles. The van der Waals surface area contributed by atoms with E-state index in [1.165, 1.54) is 0 Å². The summed E-state index contributed by atoms with van der Waals surface area (Å²) < 4.78 is 0. The fourth-order valence-electron chi connectivity index (χ4n) is 3.35. The van der Waals surface area contributed by atoms with E-state index in [2.05, 4.69) is 25.8 Å². The maximum absolute atomic E-state index is 12.2. The molecule has 0 spiro atoms. The molecule has 5 N–H and O–H groups in total. The molecule has 0 unspecified atom stereocenters. The van der Waals surface area contributed by atoms with Crippen molar-refractivity contribution in [1.82, 2.24) is 4.98 Å². The Balaban J connectivity index is 2.23. The van der Waals surface area contributed by atoms with Crippen molar-refractivity contribution in [2.75, 3.05) is 5.73 Å². The Bertz CT molecular complexity index is 1200. The lowest BCUT2D eigenvalue weighted by atomic mass is 9.86. The first-order valence-electron chi connectivity index (χ1n) is 9.24. The molecule has 0 aliphatic rings. The Morgan fingerprint density at radius 3 is 1.97 bits per heavy atom. The lowest BCUT2D eigenvalue weighted by molar-refractivity contribution is 0.0695. The van der Waals surface area contributed by atoms with Crippen LogP contribution in [0.2, 0.25) is 0 Å². The second-order valence-corrected chi connectivity index (χ2v) is 8.01. The number of pyridine rings is 1. The highest BCUT2D eigenvalue weighted by Crippen LogP contribution is 2.33. The summed E-state index contributed by atoms with van der Waals surface area (Å²) in [5, 5.41) is 19.1. The first-order chi connectivity index (χ1) is 14.0. The number of anilines is 1. The number of hydrogen-bond donors (Lipinski definition) is 4. The van der Waals surface area contributed by atoms with Gasteiger partial charge in [-0.3, -0.25) is 4.79 Å². The number of carbonyl (C=O) groups is 2. The topological polar surface area (TPSA) is 133 Å². The fraction of sp³-hybridized carbons (Fsp3) is 0.174. The number of H-pyrrole nitrogens is 1. The van der Waals surface area contributed by atoms with Gasteiger partial charge in [-0.05, 0) is 33.7 Å². The van der Waals surface area contributed by atoms with Crippen LogP contribution in [-0.2, 0) is 5.41 Å². The van der Waals surface area contributed by atoms with E-state index in [9.17, 15) is 24.6 Å². The molecule has 0 fully saturated rings. The first kappa shape index (κ1) is 20.9. The number of aromatic amines is 1. The van der Waals surface area contributed by atoms with Crippen LogP contribution in [0.4, 0.5) is 5.82 Å². The normalized spacial score (nSPS) is 11.3. The molecular formula is C23H22N2O5. The molecule has 3 aromatic rings. The molecule has 0 atom stereocenters. The highest BCUT2D eigenvalue weighted by Gasteiger charge is 2.26. The van der Waals surface area contributed by atoms with Crippen molar-refractivity contribution >= 4 is 17.8 Å². The Morgan fingerprint density at radius 1 is 0.867 bits per heavy atom. The van der Waals surface area contributed by atoms with Crippen LogP contribution in [0.1, 0.15) is 47.1 Å². The smallest absolute Gasteiger partial charge is 0.342 e. The van der Waals surface area contributed by atoms with Gasteiger partial charge in [-0.15, -0.1) is 0 Å². The number of nitrogens with one attached hydrogen (secondary N) is 1. The van der Waals surface area contributed by atoms with E-state index < -0.39 is 34.4 Å². The SMILES string of the molecule is CC(C)(C)c1ccc(-c2cccc(-c3c(C(=O)O)c(N)[nH]c(=O)c3C(=O)O)c2)cc1. The number of aromatic nitrogens is 1. The third-order valence-corrected chi connectivity index (χ3v) is 4.91. The van der Waals surface area contributed by atoms with Crippen LogP contribution in [0.15, 0.2) is 53.3 Å². The zero-order chi connectivity index (χ0) is 22.2. The van der Waals surface area contributed by atoms with Gasteiger partial charge < -0.3 is 20.9 Å². The van der Waals surface area contributed by atoms with Crippen LogP contribution in [0.3, 0.4) is 0 Å². The highest BCUT2D eigenvalue weighted by molar-refractivity contribution is 6.07. The molecule has 0 saturated heterocycles. The van der Waals surface area contributed by atoms with E-state index in [-0.39, 0.29) is 16.5 Å². The molecule has 154 valence electrons. The van der Waals surface area contributed by atoms with Crippen LogP contribution in [0.5, 0.6) is 0 Å². The minimum atomic E-state index is -1.53. The Morgan fingerprint density at radius 2 is 1.43 bits per heavy atom. The summed E-state index contributed by atoms with van der Waals surface area (Å²) in [4.78, 5) is 37.9. The maximum Gasteiger partial charge on any atom is 0.342 e. The number of carboxylic acid groups (broad SMARTS) is 2. The van der Waals surface area contributed by atoms with E-state index in [4.69, 9.17) is 5.73 Å². The Labute approximate surface area is 172 Å². The molecule has 0 aliphatic heterocycles. The zero-order valence-electron chi connectivity index (χ0n) is 16.8. The third-order valence-electron chi connectivity index (χ3n) is 4.91. The van der Waals surface area contributed by atoms with Crippen LogP contribution < -0.4 is 11.3 Å². The molecule has 3 rings (SSSR count). The third kappa shape index (κ3) is 3.82. The minimum Gasteiger partial charge on any atom is -0.478 e. The van der Waals surface area contributed by atoms with Crippen molar-refractivity contribution < 1.29 is 19.8 Å². The lowest BCUT2D eigenvalue weighted by Gasteiger charge is -2.19. The van der Waals surface area contributed by atoms with Gasteiger partial charge in [-0.1, -0.05) is 63.2 Å². The average molecular weight is 406 g/mol. The quantitative estimate of drug-likeness (QED) is 0.518. The minimum absolute atomic E-state index is 0.00422. The summed E-state index contributed by atoms with van der Waals surface area (Å²) in [5.41, 5.74) is 6.47. The lowest BCUT2D eigenvalue weighted by Crippen LogP contribution is -2.24. The fourth-order valence-corrected chi connectivity index (χ4v) is 3.35. The molecular weight excluding hydrogens is 384 g/mol. The summed E-state index contributed by atoms with van der Waals surface area (Å²) in [5.74, 6) is -3.36. The number of hydrogen-bond acceptors (Lipinski definition) is 4. The highest BCUT2D eigenvalue weighted by atomic mass is 16.4. The molecule has 0 saturated carbocycles. The first-order valence-corrected chi connectivity index (χ1v) is 9.24.